The molecule has 0 heterocycles. The van der Waals surface area contributed by atoms with Gasteiger partial charge in [-0.2, -0.15) is 0 Å². The van der Waals surface area contributed by atoms with Gasteiger partial charge in [0.05, 0.1) is 5.92 Å². The van der Waals surface area contributed by atoms with E-state index in [4.69, 9.17) is 0 Å². The van der Waals surface area contributed by atoms with Crippen molar-refractivity contribution in [2.75, 3.05) is 6.54 Å². The van der Waals surface area contributed by atoms with Gasteiger partial charge in [0.2, 0.25) is 0 Å². The molecule has 2 aliphatic carbocycles. The minimum absolute atomic E-state index is 0.131. The van der Waals surface area contributed by atoms with E-state index < -0.39 is 5.97 Å². The van der Waals surface area contributed by atoms with Gasteiger partial charge in [-0.3, -0.25) is 9.69 Å². The SMILES string of the molecule is CC(C)CN(C1CCCC1)C1CCCCC1C(=O)O. The summed E-state index contributed by atoms with van der Waals surface area (Å²) in [5, 5.41) is 9.51. The maximum Gasteiger partial charge on any atom is 0.308 e. The quantitative estimate of drug-likeness (QED) is 0.828. The largest absolute Gasteiger partial charge is 0.481 e. The zero-order valence-electron chi connectivity index (χ0n) is 12.5. The van der Waals surface area contributed by atoms with Crippen molar-refractivity contribution in [1.82, 2.24) is 4.90 Å². The fraction of sp³-hybridized carbons (Fsp3) is 0.938. The Balaban J connectivity index is 2.11. The highest BCUT2D eigenvalue weighted by Gasteiger charge is 2.38. The Morgan fingerprint density at radius 1 is 1.11 bits per heavy atom. The van der Waals surface area contributed by atoms with Gasteiger partial charge in [-0.1, -0.05) is 39.5 Å². The van der Waals surface area contributed by atoms with E-state index in [1.807, 2.05) is 0 Å². The molecule has 110 valence electrons. The summed E-state index contributed by atoms with van der Waals surface area (Å²) in [5.41, 5.74) is 0. The smallest absolute Gasteiger partial charge is 0.308 e. The lowest BCUT2D eigenvalue weighted by atomic mass is 9.82. The normalized spacial score (nSPS) is 29.3. The highest BCUT2D eigenvalue weighted by Crippen LogP contribution is 2.34. The summed E-state index contributed by atoms with van der Waals surface area (Å²) >= 11 is 0. The summed E-state index contributed by atoms with van der Waals surface area (Å²) in [4.78, 5) is 14.1. The van der Waals surface area contributed by atoms with E-state index in [1.54, 1.807) is 0 Å². The highest BCUT2D eigenvalue weighted by molar-refractivity contribution is 5.71. The second-order valence-electron chi connectivity index (χ2n) is 6.83. The van der Waals surface area contributed by atoms with Crippen LogP contribution in [0.25, 0.3) is 0 Å². The number of carboxylic acid groups (broad SMARTS) is 1. The molecule has 2 saturated carbocycles. The number of hydrogen-bond donors (Lipinski definition) is 1. The molecular weight excluding hydrogens is 238 g/mol. The average Bonchev–Trinajstić information content (AvgIpc) is 2.89. The van der Waals surface area contributed by atoms with Crippen molar-refractivity contribution in [3.05, 3.63) is 0 Å². The summed E-state index contributed by atoms with van der Waals surface area (Å²) in [6.45, 7) is 5.57. The van der Waals surface area contributed by atoms with Gasteiger partial charge in [0, 0.05) is 18.6 Å². The summed E-state index contributed by atoms with van der Waals surface area (Å²) in [6.07, 6.45) is 9.45. The molecule has 19 heavy (non-hydrogen) atoms. The molecule has 0 amide bonds. The van der Waals surface area contributed by atoms with Gasteiger partial charge in [0.1, 0.15) is 0 Å². The van der Waals surface area contributed by atoms with Gasteiger partial charge >= 0.3 is 5.97 Å². The fourth-order valence-electron chi connectivity index (χ4n) is 4.01. The first kappa shape index (κ1) is 14.8. The standard InChI is InChI=1S/C16H29NO2/c1-12(2)11-17(13-7-3-4-8-13)15-10-6-5-9-14(15)16(18)19/h12-15H,3-11H2,1-2H3,(H,18,19). The third kappa shape index (κ3) is 3.71. The zero-order valence-corrected chi connectivity index (χ0v) is 12.5. The molecule has 3 heteroatoms. The van der Waals surface area contributed by atoms with Crippen LogP contribution >= 0.6 is 0 Å². The molecule has 2 unspecified atom stereocenters. The molecule has 2 fully saturated rings. The predicted octanol–water partition coefficient (Wildman–Crippen LogP) is 3.53. The van der Waals surface area contributed by atoms with Crippen molar-refractivity contribution in [2.24, 2.45) is 11.8 Å². The number of hydrogen-bond acceptors (Lipinski definition) is 2. The van der Waals surface area contributed by atoms with Crippen molar-refractivity contribution < 1.29 is 9.90 Å². The van der Waals surface area contributed by atoms with E-state index in [0.717, 1.165) is 25.8 Å². The third-order valence-corrected chi connectivity index (χ3v) is 4.84. The lowest BCUT2D eigenvalue weighted by Gasteiger charge is -2.42. The van der Waals surface area contributed by atoms with Crippen molar-refractivity contribution >= 4 is 5.97 Å². The molecule has 0 radical (unpaired) electrons. The van der Waals surface area contributed by atoms with Crippen molar-refractivity contribution in [3.8, 4) is 0 Å². The number of rotatable bonds is 5. The third-order valence-electron chi connectivity index (χ3n) is 4.84. The minimum Gasteiger partial charge on any atom is -0.481 e. The minimum atomic E-state index is -0.573. The van der Waals surface area contributed by atoms with Gasteiger partial charge in [-0.25, -0.2) is 0 Å². The van der Waals surface area contributed by atoms with E-state index in [2.05, 4.69) is 18.7 Å². The van der Waals surface area contributed by atoms with E-state index in [9.17, 15) is 9.90 Å². The maximum absolute atomic E-state index is 11.5. The van der Waals surface area contributed by atoms with Crippen LogP contribution in [-0.4, -0.2) is 34.6 Å². The summed E-state index contributed by atoms with van der Waals surface area (Å²) < 4.78 is 0. The van der Waals surface area contributed by atoms with Crippen LogP contribution in [-0.2, 0) is 4.79 Å². The van der Waals surface area contributed by atoms with Gasteiger partial charge in [-0.15, -0.1) is 0 Å². The maximum atomic E-state index is 11.5. The van der Waals surface area contributed by atoms with E-state index in [-0.39, 0.29) is 12.0 Å². The molecule has 2 rings (SSSR count). The number of nitrogens with zero attached hydrogens (tertiary/aromatic N) is 1. The highest BCUT2D eigenvalue weighted by atomic mass is 16.4. The topological polar surface area (TPSA) is 40.5 Å². The summed E-state index contributed by atoms with van der Waals surface area (Å²) in [6, 6.07) is 0.934. The lowest BCUT2D eigenvalue weighted by molar-refractivity contribution is -0.146. The molecule has 0 saturated heterocycles. The average molecular weight is 267 g/mol. The van der Waals surface area contributed by atoms with Crippen LogP contribution in [0.2, 0.25) is 0 Å². The van der Waals surface area contributed by atoms with E-state index >= 15 is 0 Å². The second-order valence-corrected chi connectivity index (χ2v) is 6.83. The fourth-order valence-corrected chi connectivity index (χ4v) is 4.01. The first-order chi connectivity index (χ1) is 9.09. The van der Waals surface area contributed by atoms with Crippen molar-refractivity contribution in [1.29, 1.82) is 0 Å². The Morgan fingerprint density at radius 2 is 1.68 bits per heavy atom. The monoisotopic (exact) mass is 267 g/mol. The van der Waals surface area contributed by atoms with Crippen molar-refractivity contribution in [2.45, 2.75) is 77.3 Å². The van der Waals surface area contributed by atoms with Gasteiger partial charge in [-0.05, 0) is 31.6 Å². The van der Waals surface area contributed by atoms with Crippen LogP contribution in [0.15, 0.2) is 0 Å². The van der Waals surface area contributed by atoms with Gasteiger partial charge in [0.25, 0.3) is 0 Å². The first-order valence-electron chi connectivity index (χ1n) is 8.08. The number of carboxylic acids is 1. The molecule has 2 atom stereocenters. The van der Waals surface area contributed by atoms with Crippen molar-refractivity contribution in [3.63, 3.8) is 0 Å². The van der Waals surface area contributed by atoms with Crippen LogP contribution < -0.4 is 0 Å². The van der Waals surface area contributed by atoms with Crippen LogP contribution in [0.4, 0.5) is 0 Å². The van der Waals surface area contributed by atoms with Crippen LogP contribution in [0.5, 0.6) is 0 Å². The molecular formula is C16H29NO2. The number of carbonyl (C=O) groups is 1. The molecule has 2 aliphatic rings. The molecule has 3 nitrogen and oxygen atoms in total. The van der Waals surface area contributed by atoms with Crippen LogP contribution in [0.3, 0.4) is 0 Å². The summed E-state index contributed by atoms with van der Waals surface area (Å²) in [5.74, 6) is -0.0819. The first-order valence-corrected chi connectivity index (χ1v) is 8.08. The molecule has 0 aliphatic heterocycles. The van der Waals surface area contributed by atoms with E-state index in [0.29, 0.717) is 12.0 Å². The second kappa shape index (κ2) is 6.74. The Morgan fingerprint density at radius 3 is 2.26 bits per heavy atom. The molecule has 1 N–H and O–H groups in total. The van der Waals surface area contributed by atoms with Crippen LogP contribution in [0.1, 0.15) is 65.2 Å². The molecule has 0 bridgehead atoms. The Kier molecular flexibility index (Phi) is 5.26. The molecule has 0 aromatic carbocycles. The Bertz CT molecular complexity index is 297. The lowest BCUT2D eigenvalue weighted by Crippen LogP contribution is -2.50. The predicted molar refractivity (Wildman–Crippen MR) is 77.2 cm³/mol. The molecule has 0 aromatic rings. The molecule has 0 spiro atoms. The summed E-state index contributed by atoms with van der Waals surface area (Å²) in [7, 11) is 0. The van der Waals surface area contributed by atoms with E-state index in [1.165, 1.54) is 32.1 Å². The Labute approximate surface area is 117 Å². The van der Waals surface area contributed by atoms with Gasteiger partial charge in [0.15, 0.2) is 0 Å². The zero-order chi connectivity index (χ0) is 13.8. The molecule has 0 aromatic heterocycles. The van der Waals surface area contributed by atoms with Gasteiger partial charge < -0.3 is 5.11 Å². The van der Waals surface area contributed by atoms with Crippen LogP contribution in [0, 0.1) is 11.8 Å². The Hall–Kier alpha value is -0.570. The number of aliphatic carboxylic acids is 1.